The lowest BCUT2D eigenvalue weighted by molar-refractivity contribution is -0.116. The Balaban J connectivity index is 1.28. The highest BCUT2D eigenvalue weighted by molar-refractivity contribution is 6.21. The van der Waals surface area contributed by atoms with E-state index in [9.17, 15) is 9.59 Å². The van der Waals surface area contributed by atoms with Gasteiger partial charge in [0.25, 0.3) is 0 Å². The molecule has 0 radical (unpaired) electrons. The highest BCUT2D eigenvalue weighted by Gasteiger charge is 2.31. The number of fused-ring (bicyclic) bond motifs is 1. The maximum Gasteiger partial charge on any atom is 0.204 e. The second-order valence-corrected chi connectivity index (χ2v) is 9.80. The largest absolute Gasteiger partial charge is 0.493 e. The molecule has 2 aliphatic rings. The number of ketones is 2. The molecule has 0 amide bonds. The van der Waals surface area contributed by atoms with Crippen LogP contribution in [0, 0.1) is 0 Å². The zero-order chi connectivity index (χ0) is 28.1. The topological polar surface area (TPSA) is 106 Å². The van der Waals surface area contributed by atoms with Gasteiger partial charge in [-0.2, -0.15) is 0 Å². The molecule has 0 unspecified atom stereocenters. The molecule has 0 saturated carbocycles. The predicted octanol–water partition coefficient (Wildman–Crippen LogP) is 3.20. The molecule has 1 N–H and O–H groups in total. The molecular formula is C30H33N5O5. The molecule has 1 fully saturated rings. The first kappa shape index (κ1) is 27.3. The third-order valence-electron chi connectivity index (χ3n) is 7.20. The van der Waals surface area contributed by atoms with Gasteiger partial charge in [-0.1, -0.05) is 30.3 Å². The van der Waals surface area contributed by atoms with E-state index in [1.807, 2.05) is 30.1 Å². The number of hydrogen-bond donors (Lipinski definition) is 1. The number of carbonyl (C=O) groups excluding carboxylic acids is 2. The number of likely N-dealkylation sites (tertiary alicyclic amines) is 1. The molecule has 40 heavy (non-hydrogen) atoms. The van der Waals surface area contributed by atoms with Gasteiger partial charge in [0.2, 0.25) is 11.6 Å². The summed E-state index contributed by atoms with van der Waals surface area (Å²) in [5.41, 5.74) is 2.41. The molecule has 10 nitrogen and oxygen atoms in total. The van der Waals surface area contributed by atoms with Crippen LogP contribution < -0.4 is 14.8 Å². The summed E-state index contributed by atoms with van der Waals surface area (Å²) in [6.45, 7) is 3.41. The SMILES string of the molecule is COCCOc1cc2ncnc(NC3=CC(=O)C(N(C)[C@H]4CCN(Cc5ccccc5)C4)=CC3=O)c2cc1OC. The standard InChI is InChI=1S/C30H33N5O5/c1-34(21-9-10-35(18-21)17-20-7-5-4-6-8-20)25-16-26(36)24(14-27(25)37)33-30-22-13-28(39-3)29(40-12-11-38-2)15-23(22)31-19-32-30/h4-8,13-16,19,21H,9-12,17-18H2,1-3H3,(H,31,32,33)/t21-/m0/s1. The van der Waals surface area contributed by atoms with E-state index in [-0.39, 0.29) is 23.3 Å². The number of aromatic nitrogens is 2. The zero-order valence-corrected chi connectivity index (χ0v) is 22.9. The van der Waals surface area contributed by atoms with E-state index in [0.717, 1.165) is 26.1 Å². The van der Waals surface area contributed by atoms with Crippen molar-refractivity contribution in [2.75, 3.05) is 52.9 Å². The summed E-state index contributed by atoms with van der Waals surface area (Å²) in [5, 5.41) is 3.66. The van der Waals surface area contributed by atoms with Crippen LogP contribution in [0.25, 0.3) is 10.9 Å². The minimum Gasteiger partial charge on any atom is -0.493 e. The predicted molar refractivity (Wildman–Crippen MR) is 151 cm³/mol. The van der Waals surface area contributed by atoms with Crippen molar-refractivity contribution < 1.29 is 23.8 Å². The van der Waals surface area contributed by atoms with Crippen LogP contribution in [0.4, 0.5) is 5.82 Å². The van der Waals surface area contributed by atoms with Crippen LogP contribution in [0.15, 0.2) is 72.3 Å². The zero-order valence-electron chi connectivity index (χ0n) is 22.9. The van der Waals surface area contributed by atoms with E-state index in [1.165, 1.54) is 24.0 Å². The third kappa shape index (κ3) is 5.98. The maximum atomic E-state index is 13.2. The fourth-order valence-corrected chi connectivity index (χ4v) is 5.03. The van der Waals surface area contributed by atoms with Gasteiger partial charge in [-0.15, -0.1) is 0 Å². The lowest BCUT2D eigenvalue weighted by Crippen LogP contribution is -2.37. The number of nitrogens with zero attached hydrogens (tertiary/aromatic N) is 4. The van der Waals surface area contributed by atoms with Gasteiger partial charge in [0.15, 0.2) is 11.5 Å². The van der Waals surface area contributed by atoms with E-state index in [1.54, 1.807) is 26.4 Å². The summed E-state index contributed by atoms with van der Waals surface area (Å²) in [6.07, 6.45) is 5.07. The van der Waals surface area contributed by atoms with Crippen molar-refractivity contribution in [2.45, 2.75) is 19.0 Å². The molecule has 1 aliphatic heterocycles. The van der Waals surface area contributed by atoms with Gasteiger partial charge >= 0.3 is 0 Å². The van der Waals surface area contributed by atoms with Gasteiger partial charge in [0, 0.05) is 63.4 Å². The van der Waals surface area contributed by atoms with Gasteiger partial charge in [-0.05, 0) is 18.1 Å². The number of allylic oxidation sites excluding steroid dienone is 2. The fraction of sp³-hybridized carbons (Fsp3) is 0.333. The van der Waals surface area contributed by atoms with Crippen LogP contribution in [0.5, 0.6) is 11.5 Å². The van der Waals surface area contributed by atoms with Crippen molar-refractivity contribution in [3.63, 3.8) is 0 Å². The van der Waals surface area contributed by atoms with Gasteiger partial charge in [-0.3, -0.25) is 14.5 Å². The molecular weight excluding hydrogens is 510 g/mol. The highest BCUT2D eigenvalue weighted by atomic mass is 16.5. The lowest BCUT2D eigenvalue weighted by Gasteiger charge is -2.29. The molecule has 5 rings (SSSR count). The Hall–Kier alpha value is -4.28. The molecule has 208 valence electrons. The number of anilines is 1. The smallest absolute Gasteiger partial charge is 0.204 e. The molecule has 2 aromatic carbocycles. The van der Waals surface area contributed by atoms with E-state index in [2.05, 4.69) is 32.3 Å². The number of hydrogen-bond acceptors (Lipinski definition) is 10. The number of rotatable bonds is 11. The van der Waals surface area contributed by atoms with Gasteiger partial charge in [0.05, 0.1) is 30.6 Å². The fourth-order valence-electron chi connectivity index (χ4n) is 5.03. The molecule has 1 saturated heterocycles. The first-order valence-corrected chi connectivity index (χ1v) is 13.2. The maximum absolute atomic E-state index is 13.2. The van der Waals surface area contributed by atoms with Crippen LogP contribution in [-0.4, -0.2) is 84.9 Å². The minimum atomic E-state index is -0.293. The van der Waals surface area contributed by atoms with Crippen molar-refractivity contribution >= 4 is 28.3 Å². The van der Waals surface area contributed by atoms with Crippen LogP contribution in [0.1, 0.15) is 12.0 Å². The van der Waals surface area contributed by atoms with Crippen molar-refractivity contribution in [1.82, 2.24) is 19.8 Å². The molecule has 10 heteroatoms. The number of ether oxygens (including phenoxy) is 3. The van der Waals surface area contributed by atoms with Crippen LogP contribution >= 0.6 is 0 Å². The van der Waals surface area contributed by atoms with E-state index >= 15 is 0 Å². The number of likely N-dealkylation sites (N-methyl/N-ethyl adjacent to an activating group) is 1. The lowest BCUT2D eigenvalue weighted by atomic mass is 10.0. The van der Waals surface area contributed by atoms with Crippen molar-refractivity contribution in [3.05, 3.63) is 77.9 Å². The Morgan fingerprint density at radius 3 is 2.62 bits per heavy atom. The Morgan fingerprint density at radius 1 is 1.02 bits per heavy atom. The monoisotopic (exact) mass is 543 g/mol. The first-order chi connectivity index (χ1) is 19.5. The molecule has 2 heterocycles. The van der Waals surface area contributed by atoms with Crippen LogP contribution in [0.2, 0.25) is 0 Å². The second-order valence-electron chi connectivity index (χ2n) is 9.80. The Kier molecular flexibility index (Phi) is 8.37. The summed E-state index contributed by atoms with van der Waals surface area (Å²) < 4.78 is 16.3. The summed E-state index contributed by atoms with van der Waals surface area (Å²) in [7, 11) is 5.03. The quantitative estimate of drug-likeness (QED) is 0.286. The Morgan fingerprint density at radius 2 is 1.85 bits per heavy atom. The van der Waals surface area contributed by atoms with E-state index in [0.29, 0.717) is 47.1 Å². The summed E-state index contributed by atoms with van der Waals surface area (Å²) in [4.78, 5) is 39.3. The number of benzene rings is 2. The molecule has 1 aromatic heterocycles. The van der Waals surface area contributed by atoms with Crippen LogP contribution in [-0.2, 0) is 20.9 Å². The highest BCUT2D eigenvalue weighted by Crippen LogP contribution is 2.34. The third-order valence-corrected chi connectivity index (χ3v) is 7.20. The number of carbonyl (C=O) groups is 2. The van der Waals surface area contributed by atoms with Crippen molar-refractivity contribution in [1.29, 1.82) is 0 Å². The van der Waals surface area contributed by atoms with E-state index in [4.69, 9.17) is 14.2 Å². The summed E-state index contributed by atoms with van der Waals surface area (Å²) in [6, 6.07) is 14.0. The molecule has 3 aromatic rings. The molecule has 1 aliphatic carbocycles. The number of nitrogens with one attached hydrogen (secondary N) is 1. The van der Waals surface area contributed by atoms with Crippen molar-refractivity contribution in [3.8, 4) is 11.5 Å². The molecule has 1 atom stereocenters. The van der Waals surface area contributed by atoms with E-state index < -0.39 is 0 Å². The summed E-state index contributed by atoms with van der Waals surface area (Å²) in [5.74, 6) is 0.874. The van der Waals surface area contributed by atoms with Gasteiger partial charge in [-0.25, -0.2) is 9.97 Å². The normalized spacial score (nSPS) is 17.5. The average Bonchev–Trinajstić information content (AvgIpc) is 3.43. The second kappa shape index (κ2) is 12.3. The Bertz CT molecular complexity index is 1460. The molecule has 0 spiro atoms. The van der Waals surface area contributed by atoms with Gasteiger partial charge < -0.3 is 24.4 Å². The van der Waals surface area contributed by atoms with Gasteiger partial charge in [0.1, 0.15) is 18.8 Å². The van der Waals surface area contributed by atoms with Crippen LogP contribution in [0.3, 0.4) is 0 Å². The minimum absolute atomic E-state index is 0.146. The molecule has 0 bridgehead atoms. The number of methoxy groups -OCH3 is 2. The average molecular weight is 544 g/mol. The first-order valence-electron chi connectivity index (χ1n) is 13.2. The Labute approximate surface area is 233 Å². The van der Waals surface area contributed by atoms with Crippen molar-refractivity contribution in [2.24, 2.45) is 0 Å². The summed E-state index contributed by atoms with van der Waals surface area (Å²) >= 11 is 0.